The molecule has 0 saturated carbocycles. The Kier molecular flexibility index (Phi) is 4.81. The monoisotopic (exact) mass is 279 g/mol. The molecule has 0 unspecified atom stereocenters. The van der Waals surface area contributed by atoms with E-state index in [0.29, 0.717) is 36.6 Å². The van der Waals surface area contributed by atoms with Crippen molar-refractivity contribution in [1.29, 1.82) is 0 Å². The van der Waals surface area contributed by atoms with Crippen molar-refractivity contribution in [2.45, 2.75) is 0 Å². The number of hydrogen-bond acceptors (Lipinski definition) is 5. The van der Waals surface area contributed by atoms with Crippen molar-refractivity contribution in [3.63, 3.8) is 0 Å². The maximum atomic E-state index is 12.4. The van der Waals surface area contributed by atoms with Gasteiger partial charge in [0, 0.05) is 44.5 Å². The molecule has 1 aromatic carbocycles. The highest BCUT2D eigenvalue weighted by Crippen LogP contribution is 2.21. The summed E-state index contributed by atoms with van der Waals surface area (Å²) in [5.41, 5.74) is 6.86. The van der Waals surface area contributed by atoms with Gasteiger partial charge in [0.15, 0.2) is 0 Å². The summed E-state index contributed by atoms with van der Waals surface area (Å²) in [4.78, 5) is 16.4. The summed E-state index contributed by atoms with van der Waals surface area (Å²) in [6.45, 7) is 3.69. The van der Waals surface area contributed by atoms with Crippen molar-refractivity contribution in [3.05, 3.63) is 23.8 Å². The van der Waals surface area contributed by atoms with Gasteiger partial charge in [-0.3, -0.25) is 9.69 Å². The highest BCUT2D eigenvalue weighted by atomic mass is 16.5. The Morgan fingerprint density at radius 3 is 2.60 bits per heavy atom. The van der Waals surface area contributed by atoms with Crippen LogP contribution in [0.3, 0.4) is 0 Å². The summed E-state index contributed by atoms with van der Waals surface area (Å²) in [5, 5.41) is 8.91. The summed E-state index contributed by atoms with van der Waals surface area (Å²) in [7, 11) is 1.57. The molecule has 0 bridgehead atoms. The number of carbonyl (C=O) groups excluding carboxylic acids is 1. The Morgan fingerprint density at radius 1 is 1.35 bits per heavy atom. The van der Waals surface area contributed by atoms with Crippen LogP contribution < -0.4 is 10.5 Å². The molecule has 1 amide bonds. The van der Waals surface area contributed by atoms with Crippen molar-refractivity contribution < 1.29 is 14.6 Å². The smallest absolute Gasteiger partial charge is 0.256 e. The number of anilines is 1. The largest absolute Gasteiger partial charge is 0.497 e. The molecule has 0 aliphatic carbocycles. The van der Waals surface area contributed by atoms with Crippen LogP contribution in [-0.4, -0.2) is 67.3 Å². The minimum atomic E-state index is -0.0474. The Balaban J connectivity index is 2.02. The van der Waals surface area contributed by atoms with Crippen LogP contribution in [0, 0.1) is 0 Å². The minimum Gasteiger partial charge on any atom is -0.497 e. The second-order valence-electron chi connectivity index (χ2n) is 4.81. The van der Waals surface area contributed by atoms with Gasteiger partial charge >= 0.3 is 0 Å². The lowest BCUT2D eigenvalue weighted by Crippen LogP contribution is -2.49. The van der Waals surface area contributed by atoms with E-state index in [-0.39, 0.29) is 12.5 Å². The molecular formula is C14H21N3O3. The third-order valence-electron chi connectivity index (χ3n) is 3.56. The van der Waals surface area contributed by atoms with E-state index in [1.54, 1.807) is 30.2 Å². The molecule has 1 heterocycles. The van der Waals surface area contributed by atoms with Crippen molar-refractivity contribution in [3.8, 4) is 5.75 Å². The highest BCUT2D eigenvalue weighted by molar-refractivity contribution is 5.99. The predicted octanol–water partition coefficient (Wildman–Crippen LogP) is 0.0275. The first kappa shape index (κ1) is 14.6. The number of nitrogens with zero attached hydrogens (tertiary/aromatic N) is 2. The molecule has 1 aliphatic rings. The first-order valence-electron chi connectivity index (χ1n) is 6.71. The van der Waals surface area contributed by atoms with Gasteiger partial charge in [-0.1, -0.05) is 0 Å². The number of methoxy groups -OCH3 is 1. The van der Waals surface area contributed by atoms with Crippen LogP contribution in [0.15, 0.2) is 18.2 Å². The molecule has 0 radical (unpaired) electrons. The molecule has 1 saturated heterocycles. The van der Waals surface area contributed by atoms with Crippen LogP contribution in [0.5, 0.6) is 5.75 Å². The number of β-amino-alcohol motifs (C(OH)–C–C–N with tert-alkyl or cyclic N) is 1. The molecule has 6 nitrogen and oxygen atoms in total. The van der Waals surface area contributed by atoms with E-state index in [1.165, 1.54) is 0 Å². The number of aliphatic hydroxyl groups excluding tert-OH is 1. The van der Waals surface area contributed by atoms with Gasteiger partial charge in [-0.05, 0) is 12.1 Å². The third-order valence-corrected chi connectivity index (χ3v) is 3.56. The lowest BCUT2D eigenvalue weighted by Gasteiger charge is -2.34. The number of carbonyl (C=O) groups is 1. The van der Waals surface area contributed by atoms with E-state index in [0.717, 1.165) is 13.1 Å². The predicted molar refractivity (Wildman–Crippen MR) is 76.8 cm³/mol. The van der Waals surface area contributed by atoms with Crippen LogP contribution in [0.4, 0.5) is 5.69 Å². The first-order chi connectivity index (χ1) is 9.65. The zero-order chi connectivity index (χ0) is 14.5. The fourth-order valence-electron chi connectivity index (χ4n) is 2.35. The molecule has 2 rings (SSSR count). The van der Waals surface area contributed by atoms with Crippen molar-refractivity contribution in [2.75, 3.05) is 52.2 Å². The zero-order valence-corrected chi connectivity index (χ0v) is 11.7. The number of nitrogens with two attached hydrogens (primary N) is 1. The maximum absolute atomic E-state index is 12.4. The number of piperazine rings is 1. The molecule has 0 spiro atoms. The lowest BCUT2D eigenvalue weighted by molar-refractivity contribution is 0.0616. The molecule has 6 heteroatoms. The number of ether oxygens (including phenoxy) is 1. The molecular weight excluding hydrogens is 258 g/mol. The Morgan fingerprint density at radius 2 is 2.05 bits per heavy atom. The van der Waals surface area contributed by atoms with Gasteiger partial charge in [0.1, 0.15) is 5.75 Å². The topological polar surface area (TPSA) is 79.0 Å². The maximum Gasteiger partial charge on any atom is 0.256 e. The van der Waals surface area contributed by atoms with Gasteiger partial charge in [0.25, 0.3) is 5.91 Å². The fraction of sp³-hybridized carbons (Fsp3) is 0.500. The van der Waals surface area contributed by atoms with Gasteiger partial charge in [0.05, 0.1) is 19.3 Å². The number of nitrogen functional groups attached to an aromatic ring is 1. The van der Waals surface area contributed by atoms with E-state index in [4.69, 9.17) is 15.6 Å². The quantitative estimate of drug-likeness (QED) is 0.760. The number of amides is 1. The summed E-state index contributed by atoms with van der Waals surface area (Å²) < 4.78 is 5.08. The second kappa shape index (κ2) is 6.58. The van der Waals surface area contributed by atoms with E-state index in [9.17, 15) is 4.79 Å². The lowest BCUT2D eigenvalue weighted by atomic mass is 10.1. The van der Waals surface area contributed by atoms with Crippen LogP contribution in [0.2, 0.25) is 0 Å². The Labute approximate surface area is 118 Å². The van der Waals surface area contributed by atoms with Gasteiger partial charge in [-0.15, -0.1) is 0 Å². The van der Waals surface area contributed by atoms with Crippen molar-refractivity contribution in [1.82, 2.24) is 9.80 Å². The van der Waals surface area contributed by atoms with Gasteiger partial charge in [0.2, 0.25) is 0 Å². The summed E-state index contributed by atoms with van der Waals surface area (Å²) in [5.74, 6) is 0.598. The fourth-order valence-corrected chi connectivity index (χ4v) is 2.35. The number of aliphatic hydroxyl groups is 1. The van der Waals surface area contributed by atoms with Crippen LogP contribution in [-0.2, 0) is 0 Å². The van der Waals surface area contributed by atoms with Gasteiger partial charge in [-0.2, -0.15) is 0 Å². The number of rotatable bonds is 4. The molecule has 1 aromatic rings. The van der Waals surface area contributed by atoms with Crippen molar-refractivity contribution >= 4 is 11.6 Å². The third kappa shape index (κ3) is 3.20. The molecule has 1 aliphatic heterocycles. The molecule has 110 valence electrons. The molecule has 1 fully saturated rings. The van der Waals surface area contributed by atoms with Crippen LogP contribution >= 0.6 is 0 Å². The molecule has 20 heavy (non-hydrogen) atoms. The molecule has 0 atom stereocenters. The molecule has 3 N–H and O–H groups in total. The SMILES string of the molecule is COc1ccc(C(=O)N2CCN(CCO)CC2)c(N)c1. The molecule has 0 aromatic heterocycles. The Bertz CT molecular complexity index is 471. The van der Waals surface area contributed by atoms with E-state index in [2.05, 4.69) is 4.90 Å². The minimum absolute atomic E-state index is 0.0474. The van der Waals surface area contributed by atoms with E-state index >= 15 is 0 Å². The van der Waals surface area contributed by atoms with Gasteiger partial charge in [-0.25, -0.2) is 0 Å². The zero-order valence-electron chi connectivity index (χ0n) is 11.7. The Hall–Kier alpha value is -1.79. The summed E-state index contributed by atoms with van der Waals surface area (Å²) >= 11 is 0. The number of hydrogen-bond donors (Lipinski definition) is 2. The second-order valence-corrected chi connectivity index (χ2v) is 4.81. The normalized spacial score (nSPS) is 16.2. The van der Waals surface area contributed by atoms with Gasteiger partial charge < -0.3 is 20.5 Å². The average Bonchev–Trinajstić information content (AvgIpc) is 2.47. The summed E-state index contributed by atoms with van der Waals surface area (Å²) in [6, 6.07) is 5.11. The summed E-state index contributed by atoms with van der Waals surface area (Å²) in [6.07, 6.45) is 0. The van der Waals surface area contributed by atoms with E-state index in [1.807, 2.05) is 0 Å². The van der Waals surface area contributed by atoms with Crippen LogP contribution in [0.1, 0.15) is 10.4 Å². The number of benzene rings is 1. The highest BCUT2D eigenvalue weighted by Gasteiger charge is 2.23. The van der Waals surface area contributed by atoms with Crippen LogP contribution in [0.25, 0.3) is 0 Å². The standard InChI is InChI=1S/C14H21N3O3/c1-20-11-2-3-12(13(15)10-11)14(19)17-6-4-16(5-7-17)8-9-18/h2-3,10,18H,4-9,15H2,1H3. The first-order valence-corrected chi connectivity index (χ1v) is 6.71. The van der Waals surface area contributed by atoms with Crippen molar-refractivity contribution in [2.24, 2.45) is 0 Å². The van der Waals surface area contributed by atoms with E-state index < -0.39 is 0 Å². The average molecular weight is 279 g/mol.